The highest BCUT2D eigenvalue weighted by molar-refractivity contribution is 7.85. The number of halogens is 2. The Balaban J connectivity index is 2.51. The molecule has 1 heterocycles. The number of aromatic nitrogens is 1. The molecule has 0 saturated carbocycles. The van der Waals surface area contributed by atoms with Crippen LogP contribution in [0.1, 0.15) is 0 Å². The molecular weight excluding hydrogens is 311 g/mol. The highest BCUT2D eigenvalue weighted by Crippen LogP contribution is 2.33. The fraction of sp³-hybridized carbons (Fsp3) is 0. The van der Waals surface area contributed by atoms with Crippen LogP contribution < -0.4 is 5.32 Å². The largest absolute Gasteiger partial charge is 0.744 e. The van der Waals surface area contributed by atoms with Crippen LogP contribution in [0.25, 0.3) is 0 Å². The molecule has 0 fully saturated rings. The van der Waals surface area contributed by atoms with E-state index in [-0.39, 0.29) is 21.6 Å². The third-order valence-electron chi connectivity index (χ3n) is 2.25. The molecule has 0 saturated heterocycles. The molecule has 100 valence electrons. The third kappa shape index (κ3) is 3.16. The number of rotatable bonds is 3. The lowest BCUT2D eigenvalue weighted by atomic mass is 10.3. The topological polar surface area (TPSA) is 82.1 Å². The zero-order valence-corrected chi connectivity index (χ0v) is 11.6. The van der Waals surface area contributed by atoms with E-state index in [1.165, 1.54) is 12.3 Å². The molecule has 0 unspecified atom stereocenters. The van der Waals surface area contributed by atoms with Gasteiger partial charge in [-0.3, -0.25) is 0 Å². The Kier molecular flexibility index (Phi) is 3.96. The zero-order chi connectivity index (χ0) is 14.0. The summed E-state index contributed by atoms with van der Waals surface area (Å²) >= 11 is 11.9. The molecule has 2 rings (SSSR count). The quantitative estimate of drug-likeness (QED) is 0.880. The van der Waals surface area contributed by atoms with E-state index in [4.69, 9.17) is 23.2 Å². The Labute approximate surface area is 119 Å². The monoisotopic (exact) mass is 317 g/mol. The van der Waals surface area contributed by atoms with Gasteiger partial charge >= 0.3 is 0 Å². The first-order valence-corrected chi connectivity index (χ1v) is 7.18. The van der Waals surface area contributed by atoms with Crippen molar-refractivity contribution in [1.82, 2.24) is 4.98 Å². The van der Waals surface area contributed by atoms with Crippen LogP contribution in [0.15, 0.2) is 41.4 Å². The molecule has 0 aliphatic heterocycles. The van der Waals surface area contributed by atoms with E-state index in [9.17, 15) is 13.0 Å². The number of hydrogen-bond donors (Lipinski definition) is 1. The van der Waals surface area contributed by atoms with E-state index in [2.05, 4.69) is 10.3 Å². The van der Waals surface area contributed by atoms with Gasteiger partial charge in [0.2, 0.25) is 0 Å². The predicted molar refractivity (Wildman–Crippen MR) is 71.9 cm³/mol. The molecule has 1 aromatic heterocycles. The van der Waals surface area contributed by atoms with Gasteiger partial charge in [0.1, 0.15) is 15.9 Å². The highest BCUT2D eigenvalue weighted by atomic mass is 35.5. The van der Waals surface area contributed by atoms with E-state index in [0.717, 1.165) is 6.07 Å². The average Bonchev–Trinajstić information content (AvgIpc) is 2.33. The Morgan fingerprint density at radius 1 is 1.11 bits per heavy atom. The maximum absolute atomic E-state index is 11.1. The lowest BCUT2D eigenvalue weighted by Gasteiger charge is -2.14. The summed E-state index contributed by atoms with van der Waals surface area (Å²) in [7, 11) is -4.64. The molecular formula is C11H7Cl2N2O3S-. The summed E-state index contributed by atoms with van der Waals surface area (Å²) in [6, 6.07) is 7.29. The summed E-state index contributed by atoms with van der Waals surface area (Å²) in [5, 5.41) is 3.23. The number of benzene rings is 1. The summed E-state index contributed by atoms with van der Waals surface area (Å²) in [4.78, 5) is 3.35. The van der Waals surface area contributed by atoms with Gasteiger partial charge in [-0.25, -0.2) is 13.4 Å². The van der Waals surface area contributed by atoms with Crippen molar-refractivity contribution in [3.05, 3.63) is 46.6 Å². The standard InChI is InChI=1S/C11H8Cl2N2O3S/c12-7-3-1-4-8(13)10(7)15-11-9(19(16,17)18)5-2-6-14-11/h1-6H,(H,14,15)(H,16,17,18)/p-1. The summed E-state index contributed by atoms with van der Waals surface area (Å²) in [6.07, 6.45) is 1.35. The Morgan fingerprint density at radius 3 is 2.32 bits per heavy atom. The van der Waals surface area contributed by atoms with Crippen LogP contribution in [-0.4, -0.2) is 18.0 Å². The van der Waals surface area contributed by atoms with E-state index in [1.54, 1.807) is 18.2 Å². The van der Waals surface area contributed by atoms with Gasteiger partial charge in [-0.1, -0.05) is 29.3 Å². The van der Waals surface area contributed by atoms with Gasteiger partial charge in [-0.05, 0) is 24.3 Å². The average molecular weight is 318 g/mol. The highest BCUT2D eigenvalue weighted by Gasteiger charge is 2.13. The molecule has 0 radical (unpaired) electrons. The molecule has 0 amide bonds. The summed E-state index contributed by atoms with van der Waals surface area (Å²) in [5.74, 6) is -0.118. The van der Waals surface area contributed by atoms with Gasteiger partial charge in [0, 0.05) is 6.20 Å². The van der Waals surface area contributed by atoms with Crippen molar-refractivity contribution in [2.24, 2.45) is 0 Å². The van der Waals surface area contributed by atoms with Gasteiger partial charge in [-0.2, -0.15) is 0 Å². The summed E-state index contributed by atoms with van der Waals surface area (Å²) < 4.78 is 33.3. The second-order valence-electron chi connectivity index (χ2n) is 3.53. The van der Waals surface area contributed by atoms with Crippen LogP contribution in [0.3, 0.4) is 0 Å². The number of nitrogens with zero attached hydrogens (tertiary/aromatic N) is 1. The number of anilines is 2. The van der Waals surface area contributed by atoms with E-state index in [1.807, 2.05) is 0 Å². The minimum atomic E-state index is -4.64. The van der Waals surface area contributed by atoms with Crippen molar-refractivity contribution in [3.63, 3.8) is 0 Å². The summed E-state index contributed by atoms with van der Waals surface area (Å²) in [6.45, 7) is 0. The molecule has 19 heavy (non-hydrogen) atoms. The Hall–Kier alpha value is -1.34. The maximum atomic E-state index is 11.1. The SMILES string of the molecule is O=S(=O)([O-])c1cccnc1Nc1c(Cl)cccc1Cl. The number of pyridine rings is 1. The van der Waals surface area contributed by atoms with Gasteiger partial charge in [-0.15, -0.1) is 0 Å². The van der Waals surface area contributed by atoms with E-state index in [0.29, 0.717) is 0 Å². The minimum Gasteiger partial charge on any atom is -0.744 e. The van der Waals surface area contributed by atoms with Crippen LogP contribution in [-0.2, 0) is 10.1 Å². The molecule has 0 aliphatic carbocycles. The van der Waals surface area contributed by atoms with Crippen molar-refractivity contribution < 1.29 is 13.0 Å². The van der Waals surface area contributed by atoms with Gasteiger partial charge in [0.25, 0.3) is 0 Å². The first-order chi connectivity index (χ1) is 8.89. The van der Waals surface area contributed by atoms with Gasteiger partial charge < -0.3 is 9.87 Å². The molecule has 0 aliphatic rings. The van der Waals surface area contributed by atoms with E-state index < -0.39 is 15.0 Å². The number of nitrogens with one attached hydrogen (secondary N) is 1. The first-order valence-electron chi connectivity index (χ1n) is 5.01. The number of hydrogen-bond acceptors (Lipinski definition) is 5. The Bertz CT molecular complexity index is 699. The Morgan fingerprint density at radius 2 is 1.74 bits per heavy atom. The van der Waals surface area contributed by atoms with Crippen molar-refractivity contribution in [1.29, 1.82) is 0 Å². The van der Waals surface area contributed by atoms with Crippen molar-refractivity contribution in [2.45, 2.75) is 4.90 Å². The van der Waals surface area contributed by atoms with Crippen molar-refractivity contribution >= 4 is 44.8 Å². The fourth-order valence-corrected chi connectivity index (χ4v) is 2.50. The van der Waals surface area contributed by atoms with Crippen LogP contribution in [0.4, 0.5) is 11.5 Å². The lowest BCUT2D eigenvalue weighted by Crippen LogP contribution is -2.05. The van der Waals surface area contributed by atoms with Crippen LogP contribution in [0.2, 0.25) is 10.0 Å². The van der Waals surface area contributed by atoms with Gasteiger partial charge in [0.15, 0.2) is 0 Å². The smallest absolute Gasteiger partial charge is 0.148 e. The zero-order valence-electron chi connectivity index (χ0n) is 9.30. The molecule has 0 spiro atoms. The van der Waals surface area contributed by atoms with E-state index >= 15 is 0 Å². The minimum absolute atomic E-state index is 0.118. The maximum Gasteiger partial charge on any atom is 0.148 e. The molecule has 5 nitrogen and oxygen atoms in total. The second kappa shape index (κ2) is 5.34. The predicted octanol–water partition coefficient (Wildman–Crippen LogP) is 3.04. The summed E-state index contributed by atoms with van der Waals surface area (Å²) in [5.41, 5.74) is 0.287. The molecule has 8 heteroatoms. The molecule has 1 N–H and O–H groups in total. The van der Waals surface area contributed by atoms with Crippen molar-refractivity contribution in [3.8, 4) is 0 Å². The lowest BCUT2D eigenvalue weighted by molar-refractivity contribution is 0.463. The second-order valence-corrected chi connectivity index (χ2v) is 5.69. The first kappa shape index (κ1) is 14.1. The van der Waals surface area contributed by atoms with Crippen LogP contribution in [0.5, 0.6) is 0 Å². The number of para-hydroxylation sites is 1. The molecule has 1 aromatic carbocycles. The third-order valence-corrected chi connectivity index (χ3v) is 3.74. The van der Waals surface area contributed by atoms with Crippen LogP contribution in [0, 0.1) is 0 Å². The molecule has 0 atom stereocenters. The fourth-order valence-electron chi connectivity index (χ4n) is 1.42. The molecule has 2 aromatic rings. The van der Waals surface area contributed by atoms with Crippen LogP contribution >= 0.6 is 23.2 Å². The molecule has 0 bridgehead atoms. The van der Waals surface area contributed by atoms with Gasteiger partial charge in [0.05, 0.1) is 20.6 Å². The normalized spacial score (nSPS) is 11.3. The van der Waals surface area contributed by atoms with Crippen molar-refractivity contribution in [2.75, 3.05) is 5.32 Å².